The van der Waals surface area contributed by atoms with E-state index in [9.17, 15) is 24.0 Å². The SMILES string of the molecule is CC(C)[C@H](NC(=O)[C@@H](NC(=O)[C@@H](NC(=O)[C@@H](NC(=O)c1ccccc1I)C(C)(C)C)C(C)(C)C)C(C)C)C(N)=O. The van der Waals surface area contributed by atoms with Crippen LogP contribution in [0.1, 0.15) is 79.6 Å². The monoisotopic (exact) mass is 671 g/mol. The number of nitrogens with two attached hydrogens (primary N) is 1. The number of halogens is 1. The van der Waals surface area contributed by atoms with Gasteiger partial charge in [0.2, 0.25) is 23.6 Å². The summed E-state index contributed by atoms with van der Waals surface area (Å²) in [6.45, 7) is 17.9. The molecule has 224 valence electrons. The Bertz CT molecular complexity index is 1090. The second-order valence-electron chi connectivity index (χ2n) is 12.9. The number of rotatable bonds is 11. The number of carbonyl (C=O) groups excluding carboxylic acids is 5. The van der Waals surface area contributed by atoms with Crippen LogP contribution < -0.4 is 27.0 Å². The molecule has 1 aromatic carbocycles. The lowest BCUT2D eigenvalue weighted by atomic mass is 9.83. The van der Waals surface area contributed by atoms with Crippen LogP contribution in [-0.4, -0.2) is 53.7 Å². The zero-order valence-electron chi connectivity index (χ0n) is 25.3. The van der Waals surface area contributed by atoms with Crippen LogP contribution in [0.3, 0.4) is 0 Å². The number of carbonyl (C=O) groups is 5. The molecule has 1 rings (SSSR count). The first kappa shape index (κ1) is 35.3. The van der Waals surface area contributed by atoms with Gasteiger partial charge in [0, 0.05) is 3.57 Å². The summed E-state index contributed by atoms with van der Waals surface area (Å²) in [5.41, 5.74) is 4.47. The van der Waals surface area contributed by atoms with Crippen LogP contribution in [0.25, 0.3) is 0 Å². The quantitative estimate of drug-likeness (QED) is 0.229. The number of hydrogen-bond donors (Lipinski definition) is 5. The smallest absolute Gasteiger partial charge is 0.253 e. The average molecular weight is 672 g/mol. The molecule has 6 N–H and O–H groups in total. The third-order valence-corrected chi connectivity index (χ3v) is 7.40. The van der Waals surface area contributed by atoms with E-state index in [4.69, 9.17) is 5.73 Å². The van der Waals surface area contributed by atoms with Crippen molar-refractivity contribution in [3.8, 4) is 0 Å². The van der Waals surface area contributed by atoms with E-state index in [1.54, 1.807) is 66.7 Å². The van der Waals surface area contributed by atoms with Crippen LogP contribution in [0.5, 0.6) is 0 Å². The van der Waals surface area contributed by atoms with Gasteiger partial charge in [0.05, 0.1) is 5.56 Å². The minimum Gasteiger partial charge on any atom is -0.368 e. The molecule has 0 saturated heterocycles. The van der Waals surface area contributed by atoms with Gasteiger partial charge in [0.25, 0.3) is 5.91 Å². The molecule has 0 radical (unpaired) electrons. The third-order valence-electron chi connectivity index (χ3n) is 6.45. The van der Waals surface area contributed by atoms with Gasteiger partial charge in [-0.05, 0) is 57.4 Å². The van der Waals surface area contributed by atoms with Crippen LogP contribution >= 0.6 is 22.6 Å². The Morgan fingerprint density at radius 3 is 1.52 bits per heavy atom. The number of amides is 5. The van der Waals surface area contributed by atoms with E-state index in [1.807, 2.05) is 26.8 Å². The summed E-state index contributed by atoms with van der Waals surface area (Å²) in [6, 6.07) is 3.18. The van der Waals surface area contributed by atoms with Crippen molar-refractivity contribution in [3.05, 3.63) is 33.4 Å². The first-order valence-electron chi connectivity index (χ1n) is 13.4. The molecule has 0 fully saturated rings. The van der Waals surface area contributed by atoms with Crippen molar-refractivity contribution in [2.75, 3.05) is 0 Å². The van der Waals surface area contributed by atoms with E-state index in [0.717, 1.165) is 3.57 Å². The molecule has 0 aliphatic heterocycles. The van der Waals surface area contributed by atoms with E-state index in [0.29, 0.717) is 5.56 Å². The molecule has 0 saturated carbocycles. The Balaban J connectivity index is 3.22. The normalized spacial score (nSPS) is 15.0. The predicted molar refractivity (Wildman–Crippen MR) is 164 cm³/mol. The molecule has 0 unspecified atom stereocenters. The summed E-state index contributed by atoms with van der Waals surface area (Å²) in [6.07, 6.45) is 0. The zero-order chi connectivity index (χ0) is 31.2. The maximum absolute atomic E-state index is 13.6. The summed E-state index contributed by atoms with van der Waals surface area (Å²) in [5.74, 6) is -3.27. The van der Waals surface area contributed by atoms with Crippen molar-refractivity contribution in [2.45, 2.75) is 93.4 Å². The van der Waals surface area contributed by atoms with Gasteiger partial charge in [0.1, 0.15) is 24.2 Å². The maximum atomic E-state index is 13.6. The second-order valence-corrected chi connectivity index (χ2v) is 14.1. The molecule has 10 nitrogen and oxygen atoms in total. The molecule has 40 heavy (non-hydrogen) atoms. The maximum Gasteiger partial charge on any atom is 0.253 e. The van der Waals surface area contributed by atoms with Crippen molar-refractivity contribution in [1.29, 1.82) is 0 Å². The van der Waals surface area contributed by atoms with Gasteiger partial charge in [0.15, 0.2) is 0 Å². The number of hydrogen-bond acceptors (Lipinski definition) is 5. The highest BCUT2D eigenvalue weighted by Crippen LogP contribution is 2.24. The van der Waals surface area contributed by atoms with Crippen molar-refractivity contribution < 1.29 is 24.0 Å². The fourth-order valence-corrected chi connectivity index (χ4v) is 4.64. The molecule has 0 aromatic heterocycles. The fraction of sp³-hybridized carbons (Fsp3) is 0.621. The third kappa shape index (κ3) is 10.0. The van der Waals surface area contributed by atoms with E-state index in [2.05, 4.69) is 43.9 Å². The first-order valence-corrected chi connectivity index (χ1v) is 14.5. The number of nitrogens with one attached hydrogen (secondary N) is 4. The van der Waals surface area contributed by atoms with Gasteiger partial charge >= 0.3 is 0 Å². The van der Waals surface area contributed by atoms with Crippen molar-refractivity contribution in [3.63, 3.8) is 0 Å². The van der Waals surface area contributed by atoms with Crippen LogP contribution in [-0.2, 0) is 19.2 Å². The fourth-order valence-electron chi connectivity index (χ4n) is 4.01. The van der Waals surface area contributed by atoms with E-state index < -0.39 is 64.5 Å². The summed E-state index contributed by atoms with van der Waals surface area (Å²) >= 11 is 2.06. The predicted octanol–water partition coefficient (Wildman–Crippen LogP) is 2.73. The molecule has 0 heterocycles. The largest absolute Gasteiger partial charge is 0.368 e. The molecule has 11 heteroatoms. The lowest BCUT2D eigenvalue weighted by Gasteiger charge is -2.36. The summed E-state index contributed by atoms with van der Waals surface area (Å²) in [4.78, 5) is 65.2. The zero-order valence-corrected chi connectivity index (χ0v) is 27.4. The Morgan fingerprint density at radius 2 is 1.10 bits per heavy atom. The topological polar surface area (TPSA) is 159 Å². The minimum absolute atomic E-state index is 0.240. The number of primary amides is 1. The number of benzene rings is 1. The van der Waals surface area contributed by atoms with Crippen molar-refractivity contribution >= 4 is 52.1 Å². The minimum atomic E-state index is -1.04. The van der Waals surface area contributed by atoms with Crippen LogP contribution in [0.2, 0.25) is 0 Å². The van der Waals surface area contributed by atoms with Gasteiger partial charge in [-0.15, -0.1) is 0 Å². The Hall–Kier alpha value is -2.70. The van der Waals surface area contributed by atoms with Crippen molar-refractivity contribution in [1.82, 2.24) is 21.3 Å². The van der Waals surface area contributed by atoms with Gasteiger partial charge in [-0.2, -0.15) is 0 Å². The molecule has 1 aromatic rings. The van der Waals surface area contributed by atoms with Gasteiger partial charge in [-0.1, -0.05) is 81.4 Å². The highest BCUT2D eigenvalue weighted by molar-refractivity contribution is 14.1. The molecule has 5 amide bonds. The molecule has 0 aliphatic carbocycles. The van der Waals surface area contributed by atoms with Crippen molar-refractivity contribution in [2.24, 2.45) is 28.4 Å². The van der Waals surface area contributed by atoms with Crippen LogP contribution in [0.4, 0.5) is 0 Å². The molecule has 0 spiro atoms. The summed E-state index contributed by atoms with van der Waals surface area (Å²) < 4.78 is 0.742. The molecular formula is C29H46IN5O5. The molecule has 4 atom stereocenters. The van der Waals surface area contributed by atoms with Crippen LogP contribution in [0, 0.1) is 26.2 Å². The molecule has 0 aliphatic rings. The standard InChI is InChI=1S/C29H46IN5O5/c1-15(2)19(23(31)36)32-25(38)20(16(3)4)33-26(39)21(28(5,6)7)35-27(40)22(29(8,9)10)34-24(37)17-13-11-12-14-18(17)30/h11-16,19-22H,1-10H3,(H2,31,36)(H,32,38)(H,33,39)(H,34,37)(H,35,40)/t19-,20-,21+,22+/m0/s1. The molecule has 0 bridgehead atoms. The van der Waals surface area contributed by atoms with Gasteiger partial charge in [-0.25, -0.2) is 0 Å². The van der Waals surface area contributed by atoms with E-state index >= 15 is 0 Å². The highest BCUT2D eigenvalue weighted by atomic mass is 127. The lowest BCUT2D eigenvalue weighted by molar-refractivity contribution is -0.137. The second kappa shape index (κ2) is 14.3. The summed E-state index contributed by atoms with van der Waals surface area (Å²) in [5, 5.41) is 11.1. The first-order chi connectivity index (χ1) is 18.2. The Labute approximate surface area is 251 Å². The Kier molecular flexibility index (Phi) is 12.6. The van der Waals surface area contributed by atoms with Gasteiger partial charge in [-0.3, -0.25) is 24.0 Å². The highest BCUT2D eigenvalue weighted by Gasteiger charge is 2.40. The molecular weight excluding hydrogens is 625 g/mol. The lowest BCUT2D eigenvalue weighted by Crippen LogP contribution is -2.63. The average Bonchev–Trinajstić information content (AvgIpc) is 2.80. The van der Waals surface area contributed by atoms with E-state index in [1.165, 1.54) is 0 Å². The van der Waals surface area contributed by atoms with E-state index in [-0.39, 0.29) is 11.8 Å². The Morgan fingerprint density at radius 1 is 0.675 bits per heavy atom. The summed E-state index contributed by atoms with van der Waals surface area (Å²) in [7, 11) is 0. The van der Waals surface area contributed by atoms with Crippen LogP contribution in [0.15, 0.2) is 24.3 Å². The van der Waals surface area contributed by atoms with Gasteiger partial charge < -0.3 is 27.0 Å².